The fourth-order valence-corrected chi connectivity index (χ4v) is 2.15. The summed E-state index contributed by atoms with van der Waals surface area (Å²) in [5, 5.41) is 8.93. The minimum Gasteiger partial charge on any atom is -0.363 e. The van der Waals surface area contributed by atoms with Gasteiger partial charge >= 0.3 is 0 Å². The van der Waals surface area contributed by atoms with Crippen LogP contribution in [0.5, 0.6) is 0 Å². The van der Waals surface area contributed by atoms with Crippen LogP contribution in [0.15, 0.2) is 0 Å². The van der Waals surface area contributed by atoms with Gasteiger partial charge in [0.05, 0.1) is 0 Å². The Bertz CT molecular complexity index is 338. The average Bonchev–Trinajstić information content (AvgIpc) is 2.51. The van der Waals surface area contributed by atoms with Gasteiger partial charge in [0.1, 0.15) is 5.01 Å². The third-order valence-corrected chi connectivity index (χ3v) is 3.39. The lowest BCUT2D eigenvalue weighted by Gasteiger charge is -2.19. The van der Waals surface area contributed by atoms with Crippen LogP contribution in [-0.4, -0.2) is 16.1 Å². The largest absolute Gasteiger partial charge is 0.363 e. The van der Waals surface area contributed by atoms with Crippen LogP contribution in [0.25, 0.3) is 0 Å². The quantitative estimate of drug-likeness (QED) is 0.889. The third kappa shape index (κ3) is 3.43. The highest BCUT2D eigenvalue weighted by molar-refractivity contribution is 7.13. The van der Waals surface area contributed by atoms with Crippen molar-refractivity contribution in [3.8, 4) is 0 Å². The molecule has 15 heavy (non-hydrogen) atoms. The fourth-order valence-electron chi connectivity index (χ4n) is 1.33. The molecule has 6 heteroatoms. The van der Waals surface area contributed by atoms with Crippen LogP contribution < -0.4 is 5.73 Å². The Kier molecular flexibility index (Phi) is 5.17. The zero-order chi connectivity index (χ0) is 10.8. The first-order valence-electron chi connectivity index (χ1n) is 4.61. The number of carbonyl (C=O) groups is 1. The molecule has 0 fully saturated rings. The van der Waals surface area contributed by atoms with E-state index in [4.69, 9.17) is 5.73 Å². The standard InChI is InChI=1S/C9H15N3OS.ClH/c1-4-5-9(2,3)8-12-11-7(14-8)6(10)13;/h4-5H2,1-3H3,(H2,10,13);1H. The Morgan fingerprint density at radius 2 is 2.07 bits per heavy atom. The van der Waals surface area contributed by atoms with Gasteiger partial charge in [-0.1, -0.05) is 38.5 Å². The number of hydrogen-bond donors (Lipinski definition) is 1. The molecule has 86 valence electrons. The topological polar surface area (TPSA) is 68.9 Å². The molecule has 0 saturated heterocycles. The van der Waals surface area contributed by atoms with E-state index in [1.165, 1.54) is 11.3 Å². The number of nitrogens with zero attached hydrogens (tertiary/aromatic N) is 2. The normalized spacial score (nSPS) is 10.9. The molecule has 0 atom stereocenters. The number of hydrogen-bond acceptors (Lipinski definition) is 4. The molecule has 0 spiro atoms. The van der Waals surface area contributed by atoms with E-state index in [1.807, 2.05) is 0 Å². The number of amides is 1. The highest BCUT2D eigenvalue weighted by atomic mass is 35.5. The molecule has 0 aliphatic rings. The molecule has 0 radical (unpaired) electrons. The Balaban J connectivity index is 0.00000196. The van der Waals surface area contributed by atoms with Crippen LogP contribution in [0.3, 0.4) is 0 Å². The molecule has 0 aromatic carbocycles. The molecule has 0 unspecified atom stereocenters. The SMILES string of the molecule is CCCC(C)(C)c1nnc(C(N)=O)s1.Cl. The number of halogens is 1. The molecule has 0 saturated carbocycles. The second kappa shape index (κ2) is 5.42. The van der Waals surface area contributed by atoms with E-state index in [0.29, 0.717) is 5.01 Å². The molecule has 1 amide bonds. The number of aromatic nitrogens is 2. The molecule has 1 aromatic heterocycles. The second-order valence-corrected chi connectivity index (χ2v) is 4.89. The van der Waals surface area contributed by atoms with Crippen molar-refractivity contribution < 1.29 is 4.79 Å². The highest BCUT2D eigenvalue weighted by Gasteiger charge is 2.25. The number of rotatable bonds is 4. The monoisotopic (exact) mass is 249 g/mol. The zero-order valence-corrected chi connectivity index (χ0v) is 10.7. The first-order valence-corrected chi connectivity index (χ1v) is 5.43. The summed E-state index contributed by atoms with van der Waals surface area (Å²) in [6.45, 7) is 6.32. The fraction of sp³-hybridized carbons (Fsp3) is 0.667. The zero-order valence-electron chi connectivity index (χ0n) is 9.11. The van der Waals surface area contributed by atoms with E-state index in [9.17, 15) is 4.79 Å². The molecule has 0 aliphatic carbocycles. The second-order valence-electron chi connectivity index (χ2n) is 3.91. The van der Waals surface area contributed by atoms with Gasteiger partial charge in [0, 0.05) is 5.41 Å². The lowest BCUT2D eigenvalue weighted by atomic mass is 9.89. The average molecular weight is 250 g/mol. The van der Waals surface area contributed by atoms with E-state index in [1.54, 1.807) is 0 Å². The van der Waals surface area contributed by atoms with E-state index >= 15 is 0 Å². The van der Waals surface area contributed by atoms with Crippen molar-refractivity contribution >= 4 is 29.7 Å². The summed E-state index contributed by atoms with van der Waals surface area (Å²) >= 11 is 1.29. The lowest BCUT2D eigenvalue weighted by molar-refractivity contribution is 0.0999. The molecule has 4 nitrogen and oxygen atoms in total. The van der Waals surface area contributed by atoms with Crippen molar-refractivity contribution in [1.82, 2.24) is 10.2 Å². The van der Waals surface area contributed by atoms with Crippen molar-refractivity contribution in [2.24, 2.45) is 5.73 Å². The van der Waals surface area contributed by atoms with Gasteiger partial charge in [-0.3, -0.25) is 4.79 Å². The third-order valence-electron chi connectivity index (χ3n) is 2.09. The summed E-state index contributed by atoms with van der Waals surface area (Å²) in [6.07, 6.45) is 2.11. The van der Waals surface area contributed by atoms with Crippen molar-refractivity contribution in [3.63, 3.8) is 0 Å². The van der Waals surface area contributed by atoms with Crippen molar-refractivity contribution in [3.05, 3.63) is 10.0 Å². The van der Waals surface area contributed by atoms with Crippen LogP contribution in [0.4, 0.5) is 0 Å². The van der Waals surface area contributed by atoms with E-state index in [-0.39, 0.29) is 17.8 Å². The van der Waals surface area contributed by atoms with Gasteiger partial charge in [0.15, 0.2) is 0 Å². The summed E-state index contributed by atoms with van der Waals surface area (Å²) < 4.78 is 0. The summed E-state index contributed by atoms with van der Waals surface area (Å²) in [5.74, 6) is -0.499. The predicted molar refractivity (Wildman–Crippen MR) is 63.6 cm³/mol. The predicted octanol–water partition coefficient (Wildman–Crippen LogP) is 2.14. The van der Waals surface area contributed by atoms with Crippen LogP contribution in [0.2, 0.25) is 0 Å². The van der Waals surface area contributed by atoms with Crippen LogP contribution in [0.1, 0.15) is 48.4 Å². The van der Waals surface area contributed by atoms with E-state index in [0.717, 1.165) is 17.8 Å². The van der Waals surface area contributed by atoms with E-state index < -0.39 is 5.91 Å². The van der Waals surface area contributed by atoms with Gasteiger partial charge in [-0.25, -0.2) is 0 Å². The van der Waals surface area contributed by atoms with Crippen molar-refractivity contribution in [2.45, 2.75) is 39.0 Å². The maximum absolute atomic E-state index is 10.8. The summed E-state index contributed by atoms with van der Waals surface area (Å²) in [4.78, 5) is 10.8. The maximum Gasteiger partial charge on any atom is 0.279 e. The number of carbonyl (C=O) groups excluding carboxylic acids is 1. The van der Waals surface area contributed by atoms with Gasteiger partial charge in [-0.05, 0) is 6.42 Å². The van der Waals surface area contributed by atoms with Gasteiger partial charge in [0.2, 0.25) is 5.01 Å². The minimum absolute atomic E-state index is 0. The van der Waals surface area contributed by atoms with Gasteiger partial charge < -0.3 is 5.73 Å². The van der Waals surface area contributed by atoms with Crippen LogP contribution >= 0.6 is 23.7 Å². The molecular formula is C9H16ClN3OS. The molecule has 0 bridgehead atoms. The minimum atomic E-state index is -0.499. The van der Waals surface area contributed by atoms with Gasteiger partial charge in [0.25, 0.3) is 5.91 Å². The molecule has 1 aromatic rings. The molecular weight excluding hydrogens is 234 g/mol. The Labute approximate surface area is 99.7 Å². The molecule has 0 aliphatic heterocycles. The lowest BCUT2D eigenvalue weighted by Crippen LogP contribution is -2.16. The Morgan fingerprint density at radius 3 is 2.47 bits per heavy atom. The van der Waals surface area contributed by atoms with Crippen molar-refractivity contribution in [2.75, 3.05) is 0 Å². The molecule has 1 heterocycles. The maximum atomic E-state index is 10.8. The first kappa shape index (κ1) is 14.3. The number of primary amides is 1. The summed E-state index contributed by atoms with van der Waals surface area (Å²) in [7, 11) is 0. The van der Waals surface area contributed by atoms with Crippen molar-refractivity contribution in [1.29, 1.82) is 0 Å². The first-order chi connectivity index (χ1) is 6.47. The van der Waals surface area contributed by atoms with Gasteiger partial charge in [-0.15, -0.1) is 22.6 Å². The van der Waals surface area contributed by atoms with Crippen LogP contribution in [-0.2, 0) is 5.41 Å². The summed E-state index contributed by atoms with van der Waals surface area (Å²) in [6, 6.07) is 0. The number of nitrogens with two attached hydrogens (primary N) is 1. The highest BCUT2D eigenvalue weighted by Crippen LogP contribution is 2.30. The van der Waals surface area contributed by atoms with E-state index in [2.05, 4.69) is 31.0 Å². The molecule has 2 N–H and O–H groups in total. The van der Waals surface area contributed by atoms with Crippen LogP contribution in [0, 0.1) is 0 Å². The Hall–Kier alpha value is -0.680. The molecule has 1 rings (SSSR count). The van der Waals surface area contributed by atoms with Gasteiger partial charge in [-0.2, -0.15) is 0 Å². The summed E-state index contributed by atoms with van der Waals surface area (Å²) in [5.41, 5.74) is 5.10. The Morgan fingerprint density at radius 1 is 1.47 bits per heavy atom. The smallest absolute Gasteiger partial charge is 0.279 e.